The lowest BCUT2D eigenvalue weighted by atomic mass is 10.00. The highest BCUT2D eigenvalue weighted by Gasteiger charge is 2.23. The van der Waals surface area contributed by atoms with Crippen LogP contribution in [0.2, 0.25) is 0 Å². The van der Waals surface area contributed by atoms with Gasteiger partial charge in [-0.1, -0.05) is 36.4 Å². The van der Waals surface area contributed by atoms with E-state index in [1.807, 2.05) is 18.2 Å². The SMILES string of the molecule is COc1cccc(NC(=O)c2cccc(C(=O)N3CCc4ccccc4C3)n2)c1. The van der Waals surface area contributed by atoms with Crippen LogP contribution in [0, 0.1) is 0 Å². The third-order valence-electron chi connectivity index (χ3n) is 4.95. The number of fused-ring (bicyclic) bond motifs is 1. The minimum Gasteiger partial charge on any atom is -0.497 e. The normalized spacial score (nSPS) is 12.8. The molecule has 6 heteroatoms. The average Bonchev–Trinajstić information content (AvgIpc) is 2.78. The van der Waals surface area contributed by atoms with E-state index in [-0.39, 0.29) is 23.2 Å². The minimum atomic E-state index is -0.378. The van der Waals surface area contributed by atoms with E-state index < -0.39 is 0 Å². The molecule has 0 saturated heterocycles. The van der Waals surface area contributed by atoms with Gasteiger partial charge in [0.05, 0.1) is 7.11 Å². The summed E-state index contributed by atoms with van der Waals surface area (Å²) in [6.45, 7) is 1.19. The lowest BCUT2D eigenvalue weighted by Gasteiger charge is -2.28. The highest BCUT2D eigenvalue weighted by molar-refractivity contribution is 6.04. The van der Waals surface area contributed by atoms with E-state index in [1.54, 1.807) is 54.5 Å². The Morgan fingerprint density at radius 1 is 0.966 bits per heavy atom. The maximum absolute atomic E-state index is 12.9. The molecule has 1 aliphatic rings. The van der Waals surface area contributed by atoms with Crippen LogP contribution >= 0.6 is 0 Å². The summed E-state index contributed by atoms with van der Waals surface area (Å²) >= 11 is 0. The summed E-state index contributed by atoms with van der Waals surface area (Å²) in [5, 5.41) is 2.79. The average molecular weight is 387 g/mol. The quantitative estimate of drug-likeness (QED) is 0.743. The zero-order valence-corrected chi connectivity index (χ0v) is 16.1. The van der Waals surface area contributed by atoms with Crippen molar-refractivity contribution in [3.63, 3.8) is 0 Å². The number of hydrogen-bond donors (Lipinski definition) is 1. The maximum Gasteiger partial charge on any atom is 0.274 e. The number of nitrogens with zero attached hydrogens (tertiary/aromatic N) is 2. The number of aromatic nitrogens is 1. The number of amides is 2. The van der Waals surface area contributed by atoms with E-state index >= 15 is 0 Å². The summed E-state index contributed by atoms with van der Waals surface area (Å²) in [6, 6.07) is 20.1. The summed E-state index contributed by atoms with van der Waals surface area (Å²) in [5.41, 5.74) is 3.48. The first-order chi connectivity index (χ1) is 14.1. The predicted molar refractivity (Wildman–Crippen MR) is 110 cm³/mol. The van der Waals surface area contributed by atoms with Gasteiger partial charge in [0.25, 0.3) is 11.8 Å². The van der Waals surface area contributed by atoms with Crippen molar-refractivity contribution in [1.82, 2.24) is 9.88 Å². The van der Waals surface area contributed by atoms with Crippen LogP contribution in [0.25, 0.3) is 0 Å². The number of rotatable bonds is 4. The topological polar surface area (TPSA) is 71.5 Å². The monoisotopic (exact) mass is 387 g/mol. The molecule has 6 nitrogen and oxygen atoms in total. The van der Waals surface area contributed by atoms with E-state index in [1.165, 1.54) is 5.56 Å². The molecule has 29 heavy (non-hydrogen) atoms. The zero-order valence-electron chi connectivity index (χ0n) is 16.1. The molecule has 1 aromatic heterocycles. The lowest BCUT2D eigenvalue weighted by molar-refractivity contribution is 0.0728. The number of carbonyl (C=O) groups excluding carboxylic acids is 2. The molecule has 1 aliphatic heterocycles. The number of methoxy groups -OCH3 is 1. The number of hydrogen-bond acceptors (Lipinski definition) is 4. The Hall–Kier alpha value is -3.67. The van der Waals surface area contributed by atoms with Gasteiger partial charge in [-0.2, -0.15) is 0 Å². The largest absolute Gasteiger partial charge is 0.497 e. The van der Waals surface area contributed by atoms with Crippen LogP contribution in [0.4, 0.5) is 5.69 Å². The van der Waals surface area contributed by atoms with Crippen LogP contribution in [-0.2, 0) is 13.0 Å². The molecule has 0 aliphatic carbocycles. The number of carbonyl (C=O) groups is 2. The summed E-state index contributed by atoms with van der Waals surface area (Å²) in [6.07, 6.45) is 0.817. The number of nitrogens with one attached hydrogen (secondary N) is 1. The second-order valence-corrected chi connectivity index (χ2v) is 6.84. The van der Waals surface area contributed by atoms with Crippen molar-refractivity contribution in [2.24, 2.45) is 0 Å². The molecule has 146 valence electrons. The zero-order chi connectivity index (χ0) is 20.2. The van der Waals surface area contributed by atoms with Gasteiger partial charge < -0.3 is 15.0 Å². The van der Waals surface area contributed by atoms with Gasteiger partial charge in [0.2, 0.25) is 0 Å². The van der Waals surface area contributed by atoms with Crippen molar-refractivity contribution in [2.45, 2.75) is 13.0 Å². The number of anilines is 1. The van der Waals surface area contributed by atoms with Crippen molar-refractivity contribution in [1.29, 1.82) is 0 Å². The fraction of sp³-hybridized carbons (Fsp3) is 0.174. The summed E-state index contributed by atoms with van der Waals surface area (Å²) in [4.78, 5) is 31.6. The van der Waals surface area contributed by atoms with Gasteiger partial charge in [-0.05, 0) is 41.8 Å². The molecule has 0 saturated carbocycles. The van der Waals surface area contributed by atoms with Crippen LogP contribution in [0.1, 0.15) is 32.1 Å². The van der Waals surface area contributed by atoms with Crippen molar-refractivity contribution in [3.8, 4) is 5.75 Å². The van der Waals surface area contributed by atoms with Crippen LogP contribution in [0.15, 0.2) is 66.7 Å². The molecule has 2 heterocycles. The Morgan fingerprint density at radius 2 is 1.72 bits per heavy atom. The molecule has 0 radical (unpaired) electrons. The number of benzene rings is 2. The van der Waals surface area contributed by atoms with E-state index in [0.717, 1.165) is 12.0 Å². The summed E-state index contributed by atoms with van der Waals surface area (Å²) < 4.78 is 5.17. The molecule has 1 N–H and O–H groups in total. The van der Waals surface area contributed by atoms with Crippen LogP contribution in [-0.4, -0.2) is 35.4 Å². The number of ether oxygens (including phenoxy) is 1. The first kappa shape index (κ1) is 18.7. The van der Waals surface area contributed by atoms with Gasteiger partial charge in [-0.25, -0.2) is 4.98 Å². The van der Waals surface area contributed by atoms with Crippen LogP contribution in [0.3, 0.4) is 0 Å². The van der Waals surface area contributed by atoms with Gasteiger partial charge in [0.15, 0.2) is 0 Å². The highest BCUT2D eigenvalue weighted by Crippen LogP contribution is 2.20. The molecule has 3 aromatic rings. The van der Waals surface area contributed by atoms with Gasteiger partial charge in [0, 0.05) is 24.8 Å². The first-order valence-electron chi connectivity index (χ1n) is 9.42. The summed E-state index contributed by atoms with van der Waals surface area (Å²) in [7, 11) is 1.57. The molecule has 2 aromatic carbocycles. The van der Waals surface area contributed by atoms with Crippen molar-refractivity contribution in [3.05, 3.63) is 89.2 Å². The van der Waals surface area contributed by atoms with Crippen LogP contribution < -0.4 is 10.1 Å². The maximum atomic E-state index is 12.9. The third kappa shape index (κ3) is 4.11. The molecule has 4 rings (SSSR count). The van der Waals surface area contributed by atoms with Crippen molar-refractivity contribution < 1.29 is 14.3 Å². The van der Waals surface area contributed by atoms with Gasteiger partial charge in [0.1, 0.15) is 17.1 Å². The van der Waals surface area contributed by atoms with Gasteiger partial charge in [-0.3, -0.25) is 9.59 Å². The van der Waals surface area contributed by atoms with E-state index in [9.17, 15) is 9.59 Å². The fourth-order valence-electron chi connectivity index (χ4n) is 3.41. The second kappa shape index (κ2) is 8.14. The predicted octanol–water partition coefficient (Wildman–Crippen LogP) is 3.54. The molecular weight excluding hydrogens is 366 g/mol. The standard InChI is InChI=1S/C23H21N3O3/c1-29-19-9-4-8-18(14-19)24-22(27)20-10-5-11-21(25-20)23(28)26-13-12-16-6-2-3-7-17(16)15-26/h2-11,14H,12-13,15H2,1H3,(H,24,27). The van der Waals surface area contributed by atoms with Crippen molar-refractivity contribution in [2.75, 3.05) is 19.0 Å². The Labute approximate surface area is 169 Å². The molecule has 0 unspecified atom stereocenters. The highest BCUT2D eigenvalue weighted by atomic mass is 16.5. The first-order valence-corrected chi connectivity index (χ1v) is 9.42. The minimum absolute atomic E-state index is 0.171. The Bertz CT molecular complexity index is 1060. The smallest absolute Gasteiger partial charge is 0.274 e. The third-order valence-corrected chi connectivity index (χ3v) is 4.95. The molecule has 0 spiro atoms. The second-order valence-electron chi connectivity index (χ2n) is 6.84. The number of pyridine rings is 1. The Kier molecular flexibility index (Phi) is 5.24. The lowest BCUT2D eigenvalue weighted by Crippen LogP contribution is -2.36. The van der Waals surface area contributed by atoms with Gasteiger partial charge >= 0.3 is 0 Å². The van der Waals surface area contributed by atoms with Gasteiger partial charge in [-0.15, -0.1) is 0 Å². The fourth-order valence-corrected chi connectivity index (χ4v) is 3.41. The summed E-state index contributed by atoms with van der Waals surface area (Å²) in [5.74, 6) is 0.0949. The molecule has 2 amide bonds. The van der Waals surface area contributed by atoms with E-state index in [4.69, 9.17) is 4.74 Å². The van der Waals surface area contributed by atoms with E-state index in [2.05, 4.69) is 16.4 Å². The van der Waals surface area contributed by atoms with E-state index in [0.29, 0.717) is 24.5 Å². The van der Waals surface area contributed by atoms with Crippen molar-refractivity contribution >= 4 is 17.5 Å². The van der Waals surface area contributed by atoms with Crippen LogP contribution in [0.5, 0.6) is 5.75 Å². The molecule has 0 atom stereocenters. The molecule has 0 bridgehead atoms. The molecule has 0 fully saturated rings. The Balaban J connectivity index is 1.49. The molecular formula is C23H21N3O3. The Morgan fingerprint density at radius 3 is 2.55 bits per heavy atom.